The number of nitrogens with two attached hydrogens (primary N) is 1. The van der Waals surface area contributed by atoms with E-state index >= 15 is 0 Å². The number of benzene rings is 1. The van der Waals surface area contributed by atoms with Crippen molar-refractivity contribution in [1.29, 1.82) is 0 Å². The van der Waals surface area contributed by atoms with Gasteiger partial charge >= 0.3 is 0 Å². The summed E-state index contributed by atoms with van der Waals surface area (Å²) in [6.07, 6.45) is 3.12. The van der Waals surface area contributed by atoms with Gasteiger partial charge in [0.25, 0.3) is 5.95 Å². The van der Waals surface area contributed by atoms with Crippen molar-refractivity contribution in [1.82, 2.24) is 24.7 Å². The van der Waals surface area contributed by atoms with Crippen LogP contribution in [-0.4, -0.2) is 35.8 Å². The number of nitrogens with zero attached hydrogens (tertiary/aromatic N) is 6. The van der Waals surface area contributed by atoms with Gasteiger partial charge in [0.1, 0.15) is 5.52 Å². The Bertz CT molecular complexity index is 764. The Kier molecular flexibility index (Phi) is 2.53. The standard InChI is InChI=1S/C11H9N7O/c12-9(17-19)10-13-5-6-18(10)11-14-7-3-1-2-4-8(7)15-16-11/h1-6,19H,(H2,12,17). The van der Waals surface area contributed by atoms with Crippen LogP contribution in [0.15, 0.2) is 41.8 Å². The average Bonchev–Trinajstić information content (AvgIpc) is 2.95. The largest absolute Gasteiger partial charge is 0.409 e. The fourth-order valence-electron chi connectivity index (χ4n) is 1.67. The molecule has 3 rings (SSSR count). The molecule has 0 fully saturated rings. The van der Waals surface area contributed by atoms with E-state index in [-0.39, 0.29) is 11.7 Å². The number of para-hydroxylation sites is 1. The van der Waals surface area contributed by atoms with Gasteiger partial charge in [-0.25, -0.2) is 9.97 Å². The van der Waals surface area contributed by atoms with Crippen molar-refractivity contribution in [3.8, 4) is 5.95 Å². The third-order valence-electron chi connectivity index (χ3n) is 2.54. The van der Waals surface area contributed by atoms with Gasteiger partial charge in [0.2, 0.25) is 5.84 Å². The van der Waals surface area contributed by atoms with Crippen LogP contribution in [0.5, 0.6) is 0 Å². The van der Waals surface area contributed by atoms with Gasteiger partial charge in [-0.05, 0) is 12.1 Å². The highest BCUT2D eigenvalue weighted by atomic mass is 16.4. The highest BCUT2D eigenvalue weighted by molar-refractivity contribution is 5.94. The number of imidazole rings is 1. The molecule has 2 aromatic heterocycles. The number of rotatable bonds is 2. The predicted octanol–water partition coefficient (Wildman–Crippen LogP) is 0.305. The zero-order valence-corrected chi connectivity index (χ0v) is 9.67. The van der Waals surface area contributed by atoms with Crippen LogP contribution in [0, 0.1) is 0 Å². The number of fused-ring (bicyclic) bond motifs is 1. The van der Waals surface area contributed by atoms with Gasteiger partial charge in [-0.3, -0.25) is 4.57 Å². The first kappa shape index (κ1) is 11.1. The average molecular weight is 255 g/mol. The third-order valence-corrected chi connectivity index (χ3v) is 2.54. The first-order chi connectivity index (χ1) is 9.29. The first-order valence-electron chi connectivity index (χ1n) is 5.40. The van der Waals surface area contributed by atoms with E-state index in [9.17, 15) is 0 Å². The van der Waals surface area contributed by atoms with E-state index < -0.39 is 0 Å². The van der Waals surface area contributed by atoms with E-state index in [0.717, 1.165) is 0 Å². The van der Waals surface area contributed by atoms with Gasteiger partial charge in [0.05, 0.1) is 5.52 Å². The van der Waals surface area contributed by atoms with Crippen LogP contribution in [-0.2, 0) is 0 Å². The van der Waals surface area contributed by atoms with E-state index in [1.807, 2.05) is 24.3 Å². The summed E-state index contributed by atoms with van der Waals surface area (Å²) in [7, 11) is 0. The van der Waals surface area contributed by atoms with Crippen LogP contribution >= 0.6 is 0 Å². The molecule has 8 heteroatoms. The Hall–Kier alpha value is -3.03. The van der Waals surface area contributed by atoms with Crippen LogP contribution in [0.25, 0.3) is 17.0 Å². The second-order valence-corrected chi connectivity index (χ2v) is 3.71. The summed E-state index contributed by atoms with van der Waals surface area (Å²) in [6, 6.07) is 7.36. The highest BCUT2D eigenvalue weighted by Gasteiger charge is 2.12. The molecule has 0 aliphatic heterocycles. The van der Waals surface area contributed by atoms with Crippen LogP contribution in [0.4, 0.5) is 0 Å². The quantitative estimate of drug-likeness (QED) is 0.294. The number of aromatic nitrogens is 5. The maximum Gasteiger partial charge on any atom is 0.255 e. The van der Waals surface area contributed by atoms with Crippen molar-refractivity contribution in [2.45, 2.75) is 0 Å². The smallest absolute Gasteiger partial charge is 0.255 e. The number of amidine groups is 1. The van der Waals surface area contributed by atoms with Crippen molar-refractivity contribution in [3.05, 3.63) is 42.5 Å². The minimum Gasteiger partial charge on any atom is -0.409 e. The van der Waals surface area contributed by atoms with E-state index in [0.29, 0.717) is 17.0 Å². The Labute approximate surface area is 107 Å². The molecular formula is C11H9N7O. The topological polar surface area (TPSA) is 115 Å². The lowest BCUT2D eigenvalue weighted by Crippen LogP contribution is -2.20. The Morgan fingerprint density at radius 1 is 1.21 bits per heavy atom. The third kappa shape index (κ3) is 1.84. The van der Waals surface area contributed by atoms with Gasteiger partial charge < -0.3 is 10.9 Å². The summed E-state index contributed by atoms with van der Waals surface area (Å²) < 4.78 is 1.49. The van der Waals surface area contributed by atoms with Crippen molar-refractivity contribution in [2.24, 2.45) is 10.9 Å². The second-order valence-electron chi connectivity index (χ2n) is 3.71. The monoisotopic (exact) mass is 255 g/mol. The summed E-state index contributed by atoms with van der Waals surface area (Å²) in [5.74, 6) is 0.430. The molecule has 3 aromatic rings. The van der Waals surface area contributed by atoms with Gasteiger partial charge in [-0.2, -0.15) is 0 Å². The Morgan fingerprint density at radius 2 is 2.00 bits per heavy atom. The zero-order valence-electron chi connectivity index (χ0n) is 9.67. The first-order valence-corrected chi connectivity index (χ1v) is 5.40. The fourth-order valence-corrected chi connectivity index (χ4v) is 1.67. The van der Waals surface area contributed by atoms with Crippen LogP contribution in [0.1, 0.15) is 5.82 Å². The maximum absolute atomic E-state index is 8.70. The van der Waals surface area contributed by atoms with Crippen molar-refractivity contribution in [3.63, 3.8) is 0 Å². The molecule has 94 valence electrons. The van der Waals surface area contributed by atoms with E-state index in [4.69, 9.17) is 10.9 Å². The molecule has 0 saturated heterocycles. The van der Waals surface area contributed by atoms with Gasteiger partial charge in [-0.15, -0.1) is 10.2 Å². The Morgan fingerprint density at radius 3 is 2.79 bits per heavy atom. The molecule has 0 unspecified atom stereocenters. The van der Waals surface area contributed by atoms with E-state index in [2.05, 4.69) is 25.3 Å². The highest BCUT2D eigenvalue weighted by Crippen LogP contribution is 2.10. The number of hydrogen-bond acceptors (Lipinski definition) is 6. The van der Waals surface area contributed by atoms with Gasteiger partial charge in [0.15, 0.2) is 5.82 Å². The fraction of sp³-hybridized carbons (Fsp3) is 0. The molecule has 0 aliphatic carbocycles. The summed E-state index contributed by atoms with van der Waals surface area (Å²) in [5.41, 5.74) is 6.92. The van der Waals surface area contributed by atoms with Gasteiger partial charge in [0, 0.05) is 12.4 Å². The minimum atomic E-state index is -0.123. The summed E-state index contributed by atoms with van der Waals surface area (Å²) >= 11 is 0. The number of oxime groups is 1. The Balaban J connectivity index is 2.17. The van der Waals surface area contributed by atoms with Gasteiger partial charge in [-0.1, -0.05) is 17.3 Å². The van der Waals surface area contributed by atoms with Crippen LogP contribution in [0.2, 0.25) is 0 Å². The molecule has 0 saturated carbocycles. The zero-order chi connectivity index (χ0) is 13.2. The normalized spacial score (nSPS) is 11.9. The lowest BCUT2D eigenvalue weighted by Gasteiger charge is -2.04. The molecule has 3 N–H and O–H groups in total. The SMILES string of the molecule is N/C(=N/O)c1nccn1-c1nnc2ccccc2n1. The molecule has 8 nitrogen and oxygen atoms in total. The van der Waals surface area contributed by atoms with Crippen molar-refractivity contribution in [2.75, 3.05) is 0 Å². The molecule has 0 spiro atoms. The molecule has 0 aliphatic rings. The maximum atomic E-state index is 8.70. The predicted molar refractivity (Wildman–Crippen MR) is 67.0 cm³/mol. The van der Waals surface area contributed by atoms with Crippen LogP contribution < -0.4 is 5.73 Å². The van der Waals surface area contributed by atoms with Crippen molar-refractivity contribution >= 4 is 16.9 Å². The molecule has 0 amide bonds. The van der Waals surface area contributed by atoms with E-state index in [1.165, 1.54) is 10.8 Å². The van der Waals surface area contributed by atoms with Crippen LogP contribution in [0.3, 0.4) is 0 Å². The molecule has 0 bridgehead atoms. The summed E-state index contributed by atoms with van der Waals surface area (Å²) in [4.78, 5) is 8.33. The van der Waals surface area contributed by atoms with E-state index in [1.54, 1.807) is 6.20 Å². The minimum absolute atomic E-state index is 0.123. The summed E-state index contributed by atoms with van der Waals surface area (Å²) in [5, 5.41) is 19.7. The van der Waals surface area contributed by atoms with Crippen molar-refractivity contribution < 1.29 is 5.21 Å². The molecule has 19 heavy (non-hydrogen) atoms. The molecule has 0 atom stereocenters. The molecular weight excluding hydrogens is 246 g/mol. The lowest BCUT2D eigenvalue weighted by atomic mass is 10.3. The second kappa shape index (κ2) is 4.33. The molecule has 0 radical (unpaired) electrons. The molecule has 2 heterocycles. The number of hydrogen-bond donors (Lipinski definition) is 2. The summed E-state index contributed by atoms with van der Waals surface area (Å²) in [6.45, 7) is 0. The lowest BCUT2D eigenvalue weighted by molar-refractivity contribution is 0.318. The molecule has 1 aromatic carbocycles.